The van der Waals surface area contributed by atoms with E-state index in [-0.39, 0.29) is 24.3 Å². The zero-order valence-electron chi connectivity index (χ0n) is 16.6. The molecule has 2 amide bonds. The van der Waals surface area contributed by atoms with Gasteiger partial charge < -0.3 is 15.0 Å². The molecule has 0 bridgehead atoms. The molecule has 1 aliphatic rings. The second-order valence-electron chi connectivity index (χ2n) is 7.52. The summed E-state index contributed by atoms with van der Waals surface area (Å²) in [5.74, 6) is 1.11. The van der Waals surface area contributed by atoms with E-state index in [0.29, 0.717) is 37.6 Å². The topological polar surface area (TPSA) is 58.6 Å². The summed E-state index contributed by atoms with van der Waals surface area (Å²) in [6, 6.07) is 17.3. The fourth-order valence-electron chi connectivity index (χ4n) is 3.34. The van der Waals surface area contributed by atoms with Crippen molar-refractivity contribution in [2.75, 3.05) is 25.0 Å². The van der Waals surface area contributed by atoms with Gasteiger partial charge in [-0.15, -0.1) is 0 Å². The standard InChI is InChI=1S/C23H28N2O3/c1-17(2)18-8-10-21(11-9-18)28-16-22(26)25-14-12-19(13-15-25)23(27)24-20-6-4-3-5-7-20/h3-11,17,19H,12-16H2,1-2H3,(H,24,27). The van der Waals surface area contributed by atoms with Crippen LogP contribution in [-0.2, 0) is 9.59 Å². The molecule has 0 atom stereocenters. The van der Waals surface area contributed by atoms with Gasteiger partial charge in [-0.2, -0.15) is 0 Å². The van der Waals surface area contributed by atoms with Crippen molar-refractivity contribution in [3.8, 4) is 5.75 Å². The molecule has 0 aromatic heterocycles. The minimum absolute atomic E-state index is 0.0276. The quantitative estimate of drug-likeness (QED) is 0.822. The van der Waals surface area contributed by atoms with Crippen molar-refractivity contribution in [3.63, 3.8) is 0 Å². The first-order chi connectivity index (χ1) is 13.5. The van der Waals surface area contributed by atoms with Gasteiger partial charge in [0.05, 0.1) is 0 Å². The minimum Gasteiger partial charge on any atom is -0.484 e. The van der Waals surface area contributed by atoms with Crippen LogP contribution in [-0.4, -0.2) is 36.4 Å². The first-order valence-corrected chi connectivity index (χ1v) is 9.89. The molecule has 2 aromatic carbocycles. The number of amides is 2. The summed E-state index contributed by atoms with van der Waals surface area (Å²) in [7, 11) is 0. The smallest absolute Gasteiger partial charge is 0.260 e. The second kappa shape index (κ2) is 9.40. The number of anilines is 1. The van der Waals surface area contributed by atoms with Crippen molar-refractivity contribution in [1.29, 1.82) is 0 Å². The second-order valence-corrected chi connectivity index (χ2v) is 7.52. The number of benzene rings is 2. The van der Waals surface area contributed by atoms with E-state index < -0.39 is 0 Å². The van der Waals surface area contributed by atoms with Gasteiger partial charge in [0, 0.05) is 24.7 Å². The first kappa shape index (κ1) is 19.9. The molecule has 5 heteroatoms. The highest BCUT2D eigenvalue weighted by Gasteiger charge is 2.27. The molecule has 1 aliphatic heterocycles. The molecule has 1 heterocycles. The Bertz CT molecular complexity index is 779. The Kier molecular flexibility index (Phi) is 6.69. The summed E-state index contributed by atoms with van der Waals surface area (Å²) in [5.41, 5.74) is 2.05. The van der Waals surface area contributed by atoms with Crippen LogP contribution in [0.2, 0.25) is 0 Å². The molecule has 3 rings (SSSR count). The van der Waals surface area contributed by atoms with E-state index in [1.165, 1.54) is 5.56 Å². The summed E-state index contributed by atoms with van der Waals surface area (Å²) in [6.07, 6.45) is 1.35. The van der Waals surface area contributed by atoms with Crippen LogP contribution in [0.25, 0.3) is 0 Å². The van der Waals surface area contributed by atoms with Crippen LogP contribution in [0.4, 0.5) is 5.69 Å². The molecule has 0 saturated carbocycles. The van der Waals surface area contributed by atoms with E-state index in [1.54, 1.807) is 4.90 Å². The summed E-state index contributed by atoms with van der Waals surface area (Å²) >= 11 is 0. The number of rotatable bonds is 6. The third kappa shape index (κ3) is 5.35. The summed E-state index contributed by atoms with van der Waals surface area (Å²) in [4.78, 5) is 26.6. The van der Waals surface area contributed by atoms with Gasteiger partial charge in [0.25, 0.3) is 5.91 Å². The van der Waals surface area contributed by atoms with Crippen molar-refractivity contribution < 1.29 is 14.3 Å². The number of hydrogen-bond donors (Lipinski definition) is 1. The Morgan fingerprint density at radius 1 is 1.04 bits per heavy atom. The zero-order valence-corrected chi connectivity index (χ0v) is 16.6. The molecule has 1 fully saturated rings. The maximum absolute atomic E-state index is 12.4. The molecule has 1 N–H and O–H groups in total. The van der Waals surface area contributed by atoms with Crippen LogP contribution in [0, 0.1) is 5.92 Å². The Hall–Kier alpha value is -2.82. The predicted molar refractivity (Wildman–Crippen MR) is 110 cm³/mol. The van der Waals surface area contributed by atoms with E-state index in [4.69, 9.17) is 4.74 Å². The zero-order chi connectivity index (χ0) is 19.9. The van der Waals surface area contributed by atoms with Gasteiger partial charge in [0.1, 0.15) is 5.75 Å². The number of piperidine rings is 1. The number of nitrogens with one attached hydrogen (secondary N) is 1. The lowest BCUT2D eigenvalue weighted by atomic mass is 9.95. The van der Waals surface area contributed by atoms with Gasteiger partial charge in [-0.05, 0) is 48.6 Å². The van der Waals surface area contributed by atoms with Crippen LogP contribution in [0.3, 0.4) is 0 Å². The van der Waals surface area contributed by atoms with Crippen LogP contribution < -0.4 is 10.1 Å². The average molecular weight is 380 g/mol. The van der Waals surface area contributed by atoms with E-state index >= 15 is 0 Å². The number of ether oxygens (including phenoxy) is 1. The lowest BCUT2D eigenvalue weighted by Crippen LogP contribution is -2.43. The summed E-state index contributed by atoms with van der Waals surface area (Å²) in [6.45, 7) is 5.48. The highest BCUT2D eigenvalue weighted by Crippen LogP contribution is 2.21. The van der Waals surface area contributed by atoms with Gasteiger partial charge in [-0.3, -0.25) is 9.59 Å². The monoisotopic (exact) mass is 380 g/mol. The van der Waals surface area contributed by atoms with Crippen molar-refractivity contribution in [2.45, 2.75) is 32.6 Å². The third-order valence-electron chi connectivity index (χ3n) is 5.17. The Morgan fingerprint density at radius 2 is 1.68 bits per heavy atom. The van der Waals surface area contributed by atoms with Gasteiger partial charge in [-0.1, -0.05) is 44.2 Å². The normalized spacial score (nSPS) is 14.8. The van der Waals surface area contributed by atoms with Crippen LogP contribution in [0.1, 0.15) is 38.2 Å². The highest BCUT2D eigenvalue weighted by molar-refractivity contribution is 5.92. The van der Waals surface area contributed by atoms with Gasteiger partial charge in [0.15, 0.2) is 6.61 Å². The van der Waals surface area contributed by atoms with Crippen molar-refractivity contribution in [2.24, 2.45) is 5.92 Å². The Labute approximate surface area is 166 Å². The van der Waals surface area contributed by atoms with Crippen molar-refractivity contribution >= 4 is 17.5 Å². The molecule has 0 radical (unpaired) electrons. The number of para-hydroxylation sites is 1. The lowest BCUT2D eigenvalue weighted by molar-refractivity contribution is -0.136. The SMILES string of the molecule is CC(C)c1ccc(OCC(=O)N2CCC(C(=O)Nc3ccccc3)CC2)cc1. The molecule has 0 unspecified atom stereocenters. The van der Waals surface area contributed by atoms with E-state index in [1.807, 2.05) is 54.6 Å². The molecule has 28 heavy (non-hydrogen) atoms. The molecule has 5 nitrogen and oxygen atoms in total. The molecular weight excluding hydrogens is 352 g/mol. The van der Waals surface area contributed by atoms with Gasteiger partial charge in [0.2, 0.25) is 5.91 Å². The fraction of sp³-hybridized carbons (Fsp3) is 0.391. The molecule has 2 aromatic rings. The van der Waals surface area contributed by atoms with E-state index in [2.05, 4.69) is 19.2 Å². The molecular formula is C23H28N2O3. The van der Waals surface area contributed by atoms with Gasteiger partial charge >= 0.3 is 0 Å². The van der Waals surface area contributed by atoms with Crippen molar-refractivity contribution in [3.05, 3.63) is 60.2 Å². The minimum atomic E-state index is -0.0613. The van der Waals surface area contributed by atoms with Crippen LogP contribution in [0.5, 0.6) is 5.75 Å². The van der Waals surface area contributed by atoms with E-state index in [0.717, 1.165) is 5.69 Å². The average Bonchev–Trinajstić information content (AvgIpc) is 2.73. The van der Waals surface area contributed by atoms with Crippen molar-refractivity contribution in [1.82, 2.24) is 4.90 Å². The maximum Gasteiger partial charge on any atom is 0.260 e. The molecule has 148 valence electrons. The number of nitrogens with zero attached hydrogens (tertiary/aromatic N) is 1. The van der Waals surface area contributed by atoms with Crippen LogP contribution >= 0.6 is 0 Å². The fourth-order valence-corrected chi connectivity index (χ4v) is 3.34. The Balaban J connectivity index is 1.42. The number of hydrogen-bond acceptors (Lipinski definition) is 3. The number of carbonyl (C=O) groups excluding carboxylic acids is 2. The Morgan fingerprint density at radius 3 is 2.29 bits per heavy atom. The third-order valence-corrected chi connectivity index (χ3v) is 5.17. The van der Waals surface area contributed by atoms with E-state index in [9.17, 15) is 9.59 Å². The largest absolute Gasteiger partial charge is 0.484 e. The molecule has 1 saturated heterocycles. The highest BCUT2D eigenvalue weighted by atomic mass is 16.5. The summed E-state index contributed by atoms with van der Waals surface area (Å²) in [5, 5.41) is 2.95. The number of carbonyl (C=O) groups is 2. The first-order valence-electron chi connectivity index (χ1n) is 9.89. The summed E-state index contributed by atoms with van der Waals surface area (Å²) < 4.78 is 5.64. The van der Waals surface area contributed by atoms with Crippen LogP contribution in [0.15, 0.2) is 54.6 Å². The predicted octanol–water partition coefficient (Wildman–Crippen LogP) is 4.07. The molecule has 0 aliphatic carbocycles. The molecule has 0 spiro atoms. The maximum atomic E-state index is 12.4. The van der Waals surface area contributed by atoms with Gasteiger partial charge in [-0.25, -0.2) is 0 Å². The number of likely N-dealkylation sites (tertiary alicyclic amines) is 1. The lowest BCUT2D eigenvalue weighted by Gasteiger charge is -2.31.